The van der Waals surface area contributed by atoms with Crippen LogP contribution in [0, 0.1) is 0 Å². The van der Waals surface area contributed by atoms with Crippen LogP contribution in [0.25, 0.3) is 10.8 Å². The first-order valence-corrected chi connectivity index (χ1v) is 46.2. The summed E-state index contributed by atoms with van der Waals surface area (Å²) in [6.45, 7) is 17.2. The van der Waals surface area contributed by atoms with Crippen molar-refractivity contribution in [2.45, 2.75) is 436 Å². The van der Waals surface area contributed by atoms with Gasteiger partial charge in [-0.1, -0.05) is 364 Å². The Morgan fingerprint density at radius 3 is 0.415 bits per heavy atom. The molecule has 0 amide bonds. The topological polar surface area (TPSA) is 230 Å². The van der Waals surface area contributed by atoms with E-state index in [4.69, 9.17) is 0 Å². The molecule has 0 aliphatic heterocycles. The first-order valence-electron chi connectivity index (χ1n) is 39.8. The third-order valence-corrected chi connectivity index (χ3v) is 29.1. The molecule has 16 heteroatoms. The molecular weight excluding hydrogens is 1250 g/mol. The third-order valence-electron chi connectivity index (χ3n) is 21.9. The maximum atomic E-state index is 15.5. The molecule has 0 heterocycles. The Balaban J connectivity index is 3.83. The molecule has 0 atom stereocenters. The molecule has 0 unspecified atom stereocenters. The van der Waals surface area contributed by atoms with E-state index in [0.29, 0.717) is 62.1 Å². The van der Waals surface area contributed by atoms with Crippen LogP contribution >= 0.6 is 30.4 Å². The van der Waals surface area contributed by atoms with Gasteiger partial charge in [0.05, 0.1) is 20.6 Å². The first kappa shape index (κ1) is 89.4. The highest BCUT2D eigenvalue weighted by Crippen LogP contribution is 2.72. The summed E-state index contributed by atoms with van der Waals surface area (Å²) in [6.07, 6.45) is 41.6. The van der Waals surface area contributed by atoms with Gasteiger partial charge in [-0.2, -0.15) is 0 Å². The Kier molecular flexibility index (Phi) is 46.6. The van der Waals surface area contributed by atoms with Gasteiger partial charge in [-0.3, -0.25) is 18.3 Å². The van der Waals surface area contributed by atoms with E-state index in [1.807, 2.05) is 0 Å². The lowest BCUT2D eigenvalue weighted by Gasteiger charge is -2.44. The smallest absolute Gasteiger partial charge is 0.324 e. The molecule has 0 aliphatic rings. The highest BCUT2D eigenvalue weighted by Gasteiger charge is 2.57. The van der Waals surface area contributed by atoms with Crippen LogP contribution in [0.2, 0.25) is 0 Å². The average Bonchev–Trinajstić information content (AvgIpc) is 0.710. The van der Waals surface area contributed by atoms with E-state index in [1.54, 1.807) is 24.3 Å². The van der Waals surface area contributed by atoms with Crippen molar-refractivity contribution in [1.29, 1.82) is 0 Å². The molecule has 0 aliphatic carbocycles. The second-order valence-corrected chi connectivity index (χ2v) is 37.4. The molecule has 8 N–H and O–H groups in total. The summed E-state index contributed by atoms with van der Waals surface area (Å²) in [5, 5.41) is -6.73. The Bertz CT molecular complexity index is 2060. The summed E-state index contributed by atoms with van der Waals surface area (Å²) >= 11 is 0. The molecule has 0 saturated carbocycles. The molecule has 552 valence electrons. The van der Waals surface area contributed by atoms with Crippen LogP contribution in [0.3, 0.4) is 0 Å². The molecule has 2 aromatic carbocycles. The summed E-state index contributed by atoms with van der Waals surface area (Å²) in [6, 6.07) is 7.16. The van der Waals surface area contributed by atoms with E-state index in [2.05, 4.69) is 55.4 Å². The van der Waals surface area contributed by atoms with Crippen molar-refractivity contribution >= 4 is 41.2 Å². The predicted molar refractivity (Wildman–Crippen MR) is 403 cm³/mol. The van der Waals surface area contributed by atoms with Crippen LogP contribution in [0.5, 0.6) is 0 Å². The van der Waals surface area contributed by atoms with Gasteiger partial charge in [0.25, 0.3) is 0 Å². The highest BCUT2D eigenvalue weighted by molar-refractivity contribution is 7.54. The predicted octanol–water partition coefficient (Wildman–Crippen LogP) is 26.3. The van der Waals surface area contributed by atoms with Gasteiger partial charge < -0.3 is 39.1 Å². The van der Waals surface area contributed by atoms with Crippen LogP contribution in [0.4, 0.5) is 0 Å². The fourth-order valence-corrected chi connectivity index (χ4v) is 21.4. The minimum absolute atomic E-state index is 0.0768. The van der Waals surface area contributed by atoms with Crippen molar-refractivity contribution in [2.75, 3.05) is 0 Å². The molecule has 0 radical (unpaired) electrons. The van der Waals surface area contributed by atoms with Crippen LogP contribution in [0.1, 0.15) is 437 Å². The Labute approximate surface area is 577 Å². The standard InChI is InChI=1S/C78H148O12P4/c1-9-17-25-33-41-49-57-75(91(79,80)81,58-50-42-34-26-18-10-2)71-65-69-67-73(77(93(85,86)87,61-53-45-37-29-21-13-5)62-54-46-38-30-22-14-6)74(78(94(88,89)90,63-55-47-39-31-23-15-7)64-56-48-40-32-24-16-8)68-70(69)66-72(71)76(92(82,83)84,59-51-43-35-27-19-11-3)60-52-44-36-28-20-12-4/h65-68H,9-64H2,1-8H3,(H2,79,80,81)(H2,82,83,84)(H2,85,86,87)(H2,88,89,90). The second kappa shape index (κ2) is 49.0. The van der Waals surface area contributed by atoms with Crippen LogP contribution in [-0.2, 0) is 38.9 Å². The summed E-state index contributed by atoms with van der Waals surface area (Å²) in [5.41, 5.74) is 0.902. The normalized spacial score (nSPS) is 13.3. The summed E-state index contributed by atoms with van der Waals surface area (Å²) < 4.78 is 62.1. The average molecular weight is 1400 g/mol. The number of hydrogen-bond acceptors (Lipinski definition) is 4. The zero-order valence-electron chi connectivity index (χ0n) is 61.9. The number of fused-ring (bicyclic) bond motifs is 1. The fraction of sp³-hybridized carbons (Fsp3) is 0.872. The monoisotopic (exact) mass is 1400 g/mol. The Morgan fingerprint density at radius 2 is 0.309 bits per heavy atom. The quantitative estimate of drug-likeness (QED) is 0.0228. The summed E-state index contributed by atoms with van der Waals surface area (Å²) in [5.74, 6) is 0. The van der Waals surface area contributed by atoms with Gasteiger partial charge in [0, 0.05) is 0 Å². The van der Waals surface area contributed by atoms with Crippen molar-refractivity contribution in [3.05, 3.63) is 46.5 Å². The summed E-state index contributed by atoms with van der Waals surface area (Å²) in [4.78, 5) is 101. The maximum absolute atomic E-state index is 15.5. The lowest BCUT2D eigenvalue weighted by atomic mass is 9.74. The third kappa shape index (κ3) is 29.3. The van der Waals surface area contributed by atoms with Crippen molar-refractivity contribution in [3.8, 4) is 0 Å². The Morgan fingerprint density at radius 1 is 0.202 bits per heavy atom. The van der Waals surface area contributed by atoms with E-state index in [1.165, 1.54) is 0 Å². The molecule has 0 spiro atoms. The van der Waals surface area contributed by atoms with E-state index in [0.717, 1.165) is 257 Å². The first-order chi connectivity index (χ1) is 44.9. The van der Waals surface area contributed by atoms with Crippen molar-refractivity contribution in [1.82, 2.24) is 0 Å². The Hall–Kier alpha value is -0.700. The highest BCUT2D eigenvalue weighted by atomic mass is 31.2. The molecule has 12 nitrogen and oxygen atoms in total. The van der Waals surface area contributed by atoms with Gasteiger partial charge in [0.2, 0.25) is 0 Å². The van der Waals surface area contributed by atoms with E-state index in [9.17, 15) is 39.1 Å². The van der Waals surface area contributed by atoms with E-state index < -0.39 is 51.0 Å². The molecule has 94 heavy (non-hydrogen) atoms. The molecule has 0 aromatic heterocycles. The van der Waals surface area contributed by atoms with Crippen LogP contribution in [-0.4, -0.2) is 39.1 Å². The number of rotatable bonds is 64. The zero-order chi connectivity index (χ0) is 69.9. The van der Waals surface area contributed by atoms with Gasteiger partial charge in [0.1, 0.15) is 0 Å². The fourth-order valence-electron chi connectivity index (χ4n) is 15.8. The van der Waals surface area contributed by atoms with E-state index in [-0.39, 0.29) is 73.6 Å². The van der Waals surface area contributed by atoms with E-state index >= 15 is 18.3 Å². The molecular formula is C78H148O12P4. The summed E-state index contributed by atoms with van der Waals surface area (Å²) in [7, 11) is -21.1. The minimum atomic E-state index is -5.28. The number of unbranched alkanes of at least 4 members (excludes halogenated alkanes) is 40. The molecule has 0 fully saturated rings. The van der Waals surface area contributed by atoms with Gasteiger partial charge >= 0.3 is 30.4 Å². The molecule has 2 aromatic rings. The van der Waals surface area contributed by atoms with Gasteiger partial charge in [-0.25, -0.2) is 0 Å². The molecule has 0 saturated heterocycles. The SMILES string of the molecule is CCCCCCCCC(CCCCCCCC)(c1cc2cc(C(CCCCCCCC)(CCCCCCCC)P(=O)(O)O)c(C(CCCCCCCC)(CCCCCCCC)P(=O)(O)O)cc2cc1C(CCCCCCCC)(CCCCCCCC)P(=O)(O)O)P(=O)(O)O. The maximum Gasteiger partial charge on any atom is 0.336 e. The van der Waals surface area contributed by atoms with Gasteiger partial charge in [-0.15, -0.1) is 0 Å². The molecule has 2 rings (SSSR count). The van der Waals surface area contributed by atoms with Crippen molar-refractivity contribution in [2.24, 2.45) is 0 Å². The van der Waals surface area contributed by atoms with Gasteiger partial charge in [-0.05, 0) is 109 Å². The zero-order valence-corrected chi connectivity index (χ0v) is 65.5. The van der Waals surface area contributed by atoms with Crippen molar-refractivity contribution in [3.63, 3.8) is 0 Å². The second-order valence-electron chi connectivity index (χ2n) is 29.6. The van der Waals surface area contributed by atoms with Crippen LogP contribution in [0.15, 0.2) is 24.3 Å². The molecule has 0 bridgehead atoms. The van der Waals surface area contributed by atoms with Crippen LogP contribution < -0.4 is 0 Å². The minimum Gasteiger partial charge on any atom is -0.324 e. The van der Waals surface area contributed by atoms with Gasteiger partial charge in [0.15, 0.2) is 0 Å². The largest absolute Gasteiger partial charge is 0.336 e. The number of benzene rings is 2. The number of hydrogen-bond donors (Lipinski definition) is 8. The lowest BCUT2D eigenvalue weighted by Crippen LogP contribution is -2.36. The van der Waals surface area contributed by atoms with Crippen molar-refractivity contribution < 1.29 is 57.4 Å². The lowest BCUT2D eigenvalue weighted by molar-refractivity contribution is 0.281.